The van der Waals surface area contributed by atoms with E-state index in [-0.39, 0.29) is 6.61 Å². The Kier molecular flexibility index (Phi) is 3.66. The van der Waals surface area contributed by atoms with Gasteiger partial charge in [0.25, 0.3) is 0 Å². The van der Waals surface area contributed by atoms with E-state index in [0.29, 0.717) is 0 Å². The van der Waals surface area contributed by atoms with Crippen molar-refractivity contribution in [3.63, 3.8) is 0 Å². The van der Waals surface area contributed by atoms with Crippen molar-refractivity contribution < 1.29 is 5.11 Å². The molecule has 3 rings (SSSR count). The second kappa shape index (κ2) is 5.76. The summed E-state index contributed by atoms with van der Waals surface area (Å²) in [6.45, 7) is 0.803. The molecule has 0 spiro atoms. The van der Waals surface area contributed by atoms with Crippen LogP contribution in [0.5, 0.6) is 0 Å². The van der Waals surface area contributed by atoms with E-state index in [1.165, 1.54) is 16.3 Å². The van der Waals surface area contributed by atoms with E-state index in [2.05, 4.69) is 47.8 Å². The summed E-state index contributed by atoms with van der Waals surface area (Å²) in [6.07, 6.45) is 0. The minimum Gasteiger partial charge on any atom is -0.392 e. The number of rotatable bonds is 4. The molecule has 0 atom stereocenters. The monoisotopic (exact) mass is 263 g/mol. The molecule has 20 heavy (non-hydrogen) atoms. The summed E-state index contributed by atoms with van der Waals surface area (Å²) in [6, 6.07) is 22.6. The van der Waals surface area contributed by atoms with Crippen LogP contribution < -0.4 is 5.32 Å². The SMILES string of the molecule is OCc1ccccc1NCc1cccc2ccccc12. The predicted molar refractivity (Wildman–Crippen MR) is 83.6 cm³/mol. The largest absolute Gasteiger partial charge is 0.392 e. The molecule has 0 aliphatic heterocycles. The maximum atomic E-state index is 9.35. The fourth-order valence-electron chi connectivity index (χ4n) is 2.47. The quantitative estimate of drug-likeness (QED) is 0.747. The molecule has 0 saturated carbocycles. The summed E-state index contributed by atoms with van der Waals surface area (Å²) in [5.74, 6) is 0. The molecule has 3 aromatic carbocycles. The summed E-state index contributed by atoms with van der Waals surface area (Å²) in [5.41, 5.74) is 3.17. The molecule has 0 bridgehead atoms. The van der Waals surface area contributed by atoms with Crippen molar-refractivity contribution in [3.8, 4) is 0 Å². The first-order valence-electron chi connectivity index (χ1n) is 6.78. The zero-order valence-electron chi connectivity index (χ0n) is 11.2. The average molecular weight is 263 g/mol. The molecule has 0 radical (unpaired) electrons. The Morgan fingerprint density at radius 1 is 0.750 bits per heavy atom. The van der Waals surface area contributed by atoms with Crippen molar-refractivity contribution in [2.24, 2.45) is 0 Å². The molecule has 0 unspecified atom stereocenters. The van der Waals surface area contributed by atoms with E-state index in [4.69, 9.17) is 0 Å². The lowest BCUT2D eigenvalue weighted by molar-refractivity contribution is 0.282. The van der Waals surface area contributed by atoms with Crippen molar-refractivity contribution >= 4 is 16.5 Å². The zero-order valence-corrected chi connectivity index (χ0v) is 11.2. The molecule has 0 fully saturated rings. The number of fused-ring (bicyclic) bond motifs is 1. The van der Waals surface area contributed by atoms with Gasteiger partial charge in [0.15, 0.2) is 0 Å². The van der Waals surface area contributed by atoms with Gasteiger partial charge in [-0.2, -0.15) is 0 Å². The number of benzene rings is 3. The molecule has 0 aliphatic carbocycles. The number of aliphatic hydroxyl groups excluding tert-OH is 1. The summed E-state index contributed by atoms with van der Waals surface area (Å²) in [5, 5.41) is 15.3. The first kappa shape index (κ1) is 12.7. The Balaban J connectivity index is 1.87. The van der Waals surface area contributed by atoms with Crippen LogP contribution in [-0.4, -0.2) is 5.11 Å². The molecule has 2 heteroatoms. The van der Waals surface area contributed by atoms with E-state index in [9.17, 15) is 5.11 Å². The standard InChI is InChI=1S/C18H17NO/c20-13-16-7-2-4-11-18(16)19-12-15-9-5-8-14-6-1-3-10-17(14)15/h1-11,19-20H,12-13H2. The number of anilines is 1. The van der Waals surface area contributed by atoms with Crippen molar-refractivity contribution in [2.75, 3.05) is 5.32 Å². The first-order chi connectivity index (χ1) is 9.88. The lowest BCUT2D eigenvalue weighted by Crippen LogP contribution is -2.02. The van der Waals surface area contributed by atoms with Crippen molar-refractivity contribution in [1.82, 2.24) is 0 Å². The normalized spacial score (nSPS) is 10.7. The van der Waals surface area contributed by atoms with Crippen LogP contribution in [0.15, 0.2) is 66.7 Å². The summed E-state index contributed by atoms with van der Waals surface area (Å²) < 4.78 is 0. The molecule has 0 heterocycles. The minimum absolute atomic E-state index is 0.0543. The van der Waals surface area contributed by atoms with Crippen LogP contribution in [-0.2, 0) is 13.2 Å². The Morgan fingerprint density at radius 3 is 2.35 bits per heavy atom. The van der Waals surface area contributed by atoms with E-state index < -0.39 is 0 Å². The number of nitrogens with one attached hydrogen (secondary N) is 1. The molecule has 0 aliphatic rings. The van der Waals surface area contributed by atoms with E-state index in [1.807, 2.05) is 24.3 Å². The fraction of sp³-hybridized carbons (Fsp3) is 0.111. The summed E-state index contributed by atoms with van der Waals surface area (Å²) >= 11 is 0. The van der Waals surface area contributed by atoms with Crippen LogP contribution >= 0.6 is 0 Å². The maximum Gasteiger partial charge on any atom is 0.0701 e. The topological polar surface area (TPSA) is 32.3 Å². The highest BCUT2D eigenvalue weighted by molar-refractivity contribution is 5.85. The van der Waals surface area contributed by atoms with Crippen LogP contribution in [0, 0.1) is 0 Å². The van der Waals surface area contributed by atoms with Crippen LogP contribution in [0.2, 0.25) is 0 Å². The Bertz CT molecular complexity index is 716. The number of hydrogen-bond donors (Lipinski definition) is 2. The third kappa shape index (κ3) is 2.51. The number of hydrogen-bond acceptors (Lipinski definition) is 2. The van der Waals surface area contributed by atoms with Crippen molar-refractivity contribution in [3.05, 3.63) is 77.9 Å². The van der Waals surface area contributed by atoms with Gasteiger partial charge >= 0.3 is 0 Å². The third-order valence-corrected chi connectivity index (χ3v) is 3.54. The predicted octanol–water partition coefficient (Wildman–Crippen LogP) is 3.94. The zero-order chi connectivity index (χ0) is 13.8. The van der Waals surface area contributed by atoms with Gasteiger partial charge in [0.2, 0.25) is 0 Å². The van der Waals surface area contributed by atoms with Crippen LogP contribution in [0.4, 0.5) is 5.69 Å². The van der Waals surface area contributed by atoms with Crippen LogP contribution in [0.3, 0.4) is 0 Å². The first-order valence-corrected chi connectivity index (χ1v) is 6.78. The van der Waals surface area contributed by atoms with Gasteiger partial charge < -0.3 is 10.4 Å². The molecular formula is C18H17NO. The Morgan fingerprint density at radius 2 is 1.45 bits per heavy atom. The van der Waals surface area contributed by atoms with E-state index in [1.54, 1.807) is 0 Å². The molecule has 0 aromatic heterocycles. The lowest BCUT2D eigenvalue weighted by Gasteiger charge is -2.12. The second-order valence-corrected chi connectivity index (χ2v) is 4.81. The number of para-hydroxylation sites is 1. The maximum absolute atomic E-state index is 9.35. The van der Waals surface area contributed by atoms with Gasteiger partial charge in [-0.25, -0.2) is 0 Å². The van der Waals surface area contributed by atoms with Gasteiger partial charge in [0.1, 0.15) is 0 Å². The van der Waals surface area contributed by atoms with Crippen LogP contribution in [0.1, 0.15) is 11.1 Å². The minimum atomic E-state index is 0.0543. The molecule has 2 nitrogen and oxygen atoms in total. The van der Waals surface area contributed by atoms with Crippen molar-refractivity contribution in [1.29, 1.82) is 0 Å². The second-order valence-electron chi connectivity index (χ2n) is 4.81. The summed E-state index contributed by atoms with van der Waals surface area (Å²) in [7, 11) is 0. The van der Waals surface area contributed by atoms with Gasteiger partial charge in [-0.15, -0.1) is 0 Å². The van der Waals surface area contributed by atoms with Gasteiger partial charge in [-0.1, -0.05) is 60.7 Å². The molecule has 0 amide bonds. The average Bonchev–Trinajstić information content (AvgIpc) is 2.53. The third-order valence-electron chi connectivity index (χ3n) is 3.54. The Hall–Kier alpha value is -2.32. The highest BCUT2D eigenvalue weighted by atomic mass is 16.3. The molecule has 0 saturated heterocycles. The molecule has 100 valence electrons. The van der Waals surface area contributed by atoms with Gasteiger partial charge in [0.05, 0.1) is 6.61 Å². The smallest absolute Gasteiger partial charge is 0.0701 e. The Labute approximate surface area is 118 Å². The summed E-state index contributed by atoms with van der Waals surface area (Å²) in [4.78, 5) is 0. The van der Waals surface area contributed by atoms with Crippen molar-refractivity contribution in [2.45, 2.75) is 13.2 Å². The molecule has 3 aromatic rings. The highest BCUT2D eigenvalue weighted by Gasteiger charge is 2.02. The molecule has 2 N–H and O–H groups in total. The van der Waals surface area contributed by atoms with Gasteiger partial charge in [-0.3, -0.25) is 0 Å². The fourth-order valence-corrected chi connectivity index (χ4v) is 2.47. The molecular weight excluding hydrogens is 246 g/mol. The van der Waals surface area contributed by atoms with Gasteiger partial charge in [-0.05, 0) is 22.4 Å². The van der Waals surface area contributed by atoms with E-state index in [0.717, 1.165) is 17.8 Å². The van der Waals surface area contributed by atoms with Crippen LogP contribution in [0.25, 0.3) is 10.8 Å². The number of aliphatic hydroxyl groups is 1. The van der Waals surface area contributed by atoms with E-state index >= 15 is 0 Å². The van der Waals surface area contributed by atoms with Gasteiger partial charge in [0, 0.05) is 17.8 Å². The highest BCUT2D eigenvalue weighted by Crippen LogP contribution is 2.21. The lowest BCUT2D eigenvalue weighted by atomic mass is 10.0.